The second-order valence-corrected chi connectivity index (χ2v) is 7.35. The molecule has 0 unspecified atom stereocenters. The van der Waals surface area contributed by atoms with Gasteiger partial charge in [-0.15, -0.1) is 11.3 Å². The minimum atomic E-state index is -0.705. The maximum atomic E-state index is 12.8. The van der Waals surface area contributed by atoms with Gasteiger partial charge in [0.1, 0.15) is 22.7 Å². The number of para-hydroxylation sites is 1. The molecule has 8 nitrogen and oxygen atoms in total. The van der Waals surface area contributed by atoms with Crippen molar-refractivity contribution >= 4 is 34.0 Å². The Labute approximate surface area is 173 Å². The maximum Gasteiger partial charge on any atom is 0.349 e. The Morgan fingerprint density at radius 2 is 2.03 bits per heavy atom. The van der Waals surface area contributed by atoms with Crippen molar-refractivity contribution in [3.8, 4) is 16.6 Å². The molecule has 0 saturated heterocycles. The molecular weight excluding hydrogens is 404 g/mol. The van der Waals surface area contributed by atoms with Crippen molar-refractivity contribution in [2.45, 2.75) is 6.92 Å². The second-order valence-electron chi connectivity index (χ2n) is 6.51. The highest BCUT2D eigenvalue weighted by Gasteiger charge is 2.19. The van der Waals surface area contributed by atoms with E-state index in [2.05, 4.69) is 15.4 Å². The van der Waals surface area contributed by atoms with Crippen LogP contribution in [0.2, 0.25) is 0 Å². The number of carbonyl (C=O) groups is 1. The third-order valence-corrected chi connectivity index (χ3v) is 5.22. The number of hydrogen-bond acceptors (Lipinski definition) is 7. The largest absolute Gasteiger partial charge is 0.463 e. The molecule has 5 aromatic rings. The smallest absolute Gasteiger partial charge is 0.349 e. The first kappa shape index (κ1) is 18.1. The quantitative estimate of drug-likeness (QED) is 0.438. The lowest BCUT2D eigenvalue weighted by atomic mass is 10.2. The first-order valence-corrected chi connectivity index (χ1v) is 9.87. The molecule has 1 N–H and O–H groups in total. The van der Waals surface area contributed by atoms with Gasteiger partial charge in [0.2, 0.25) is 5.13 Å². The lowest BCUT2D eigenvalue weighted by Crippen LogP contribution is -2.22. The molecule has 0 spiro atoms. The summed E-state index contributed by atoms with van der Waals surface area (Å²) in [7, 11) is 0. The lowest BCUT2D eigenvalue weighted by Gasteiger charge is -2.06. The predicted octanol–water partition coefficient (Wildman–Crippen LogP) is 4.26. The monoisotopic (exact) mass is 418 g/mol. The van der Waals surface area contributed by atoms with Crippen LogP contribution >= 0.6 is 11.3 Å². The summed E-state index contributed by atoms with van der Waals surface area (Å²) in [5.41, 5.74) is 0.984. The van der Waals surface area contributed by atoms with Crippen LogP contribution in [0.25, 0.3) is 27.6 Å². The Hall–Kier alpha value is -3.98. The van der Waals surface area contributed by atoms with Crippen molar-refractivity contribution in [3.63, 3.8) is 0 Å². The lowest BCUT2D eigenvalue weighted by molar-refractivity contribution is 0.102. The first-order chi connectivity index (χ1) is 14.6. The van der Waals surface area contributed by atoms with E-state index in [0.717, 1.165) is 0 Å². The maximum absolute atomic E-state index is 12.8. The number of carbonyl (C=O) groups excluding carboxylic acids is 1. The van der Waals surface area contributed by atoms with Gasteiger partial charge in [-0.1, -0.05) is 18.2 Å². The number of thiazole rings is 1. The van der Waals surface area contributed by atoms with Gasteiger partial charge in [-0.3, -0.25) is 4.79 Å². The van der Waals surface area contributed by atoms with E-state index in [1.807, 2.05) is 17.5 Å². The summed E-state index contributed by atoms with van der Waals surface area (Å²) in [4.78, 5) is 29.6. The van der Waals surface area contributed by atoms with E-state index in [4.69, 9.17) is 8.83 Å². The molecular formula is C21H14N4O4S. The van der Waals surface area contributed by atoms with Crippen LogP contribution in [0.4, 0.5) is 5.82 Å². The Morgan fingerprint density at radius 3 is 2.87 bits per heavy atom. The molecule has 4 heterocycles. The van der Waals surface area contributed by atoms with Crippen LogP contribution < -0.4 is 10.9 Å². The highest BCUT2D eigenvalue weighted by atomic mass is 32.1. The Morgan fingerprint density at radius 1 is 1.17 bits per heavy atom. The molecule has 4 aromatic heterocycles. The number of rotatable bonds is 4. The number of hydrogen-bond donors (Lipinski definition) is 1. The summed E-state index contributed by atoms with van der Waals surface area (Å²) in [6, 6.07) is 13.8. The molecule has 1 amide bonds. The van der Waals surface area contributed by atoms with Gasteiger partial charge in [0.05, 0.1) is 12.0 Å². The van der Waals surface area contributed by atoms with Crippen molar-refractivity contribution in [2.24, 2.45) is 0 Å². The van der Waals surface area contributed by atoms with Gasteiger partial charge in [-0.05, 0) is 31.2 Å². The predicted molar refractivity (Wildman–Crippen MR) is 112 cm³/mol. The Bertz CT molecular complexity index is 1430. The Kier molecular flexibility index (Phi) is 4.29. The van der Waals surface area contributed by atoms with E-state index in [0.29, 0.717) is 39.1 Å². The van der Waals surface area contributed by atoms with E-state index in [1.54, 1.807) is 43.5 Å². The summed E-state index contributed by atoms with van der Waals surface area (Å²) in [5, 5.41) is 10.2. The average Bonchev–Trinajstić information content (AvgIpc) is 3.48. The molecule has 5 rings (SSSR count). The van der Waals surface area contributed by atoms with Gasteiger partial charge in [0.25, 0.3) is 5.91 Å². The zero-order valence-corrected chi connectivity index (χ0v) is 16.5. The first-order valence-electron chi connectivity index (χ1n) is 8.99. The van der Waals surface area contributed by atoms with E-state index < -0.39 is 11.5 Å². The van der Waals surface area contributed by atoms with Gasteiger partial charge in [-0.2, -0.15) is 9.78 Å². The van der Waals surface area contributed by atoms with Crippen LogP contribution in [-0.4, -0.2) is 20.7 Å². The van der Waals surface area contributed by atoms with Crippen LogP contribution in [0.3, 0.4) is 0 Å². The van der Waals surface area contributed by atoms with E-state index in [1.165, 1.54) is 22.1 Å². The molecule has 9 heteroatoms. The van der Waals surface area contributed by atoms with Crippen LogP contribution in [-0.2, 0) is 0 Å². The van der Waals surface area contributed by atoms with Gasteiger partial charge in [0, 0.05) is 16.8 Å². The van der Waals surface area contributed by atoms with Crippen molar-refractivity contribution < 1.29 is 13.6 Å². The summed E-state index contributed by atoms with van der Waals surface area (Å²) < 4.78 is 12.2. The number of nitrogens with one attached hydrogen (secondary N) is 1. The molecule has 0 radical (unpaired) electrons. The van der Waals surface area contributed by atoms with Crippen molar-refractivity contribution in [1.29, 1.82) is 0 Å². The summed E-state index contributed by atoms with van der Waals surface area (Å²) in [6.45, 7) is 1.80. The van der Waals surface area contributed by atoms with Gasteiger partial charge in [-0.25, -0.2) is 9.78 Å². The van der Waals surface area contributed by atoms with Crippen LogP contribution in [0.1, 0.15) is 16.1 Å². The van der Waals surface area contributed by atoms with Gasteiger partial charge < -0.3 is 14.2 Å². The number of aryl methyl sites for hydroxylation is 1. The molecule has 0 atom stereocenters. The summed E-state index contributed by atoms with van der Waals surface area (Å²) in [5.74, 6) is 0.449. The number of amides is 1. The molecule has 0 bridgehead atoms. The van der Waals surface area contributed by atoms with Gasteiger partial charge in [0.15, 0.2) is 5.76 Å². The summed E-state index contributed by atoms with van der Waals surface area (Å²) in [6.07, 6.45) is 1.58. The highest BCUT2D eigenvalue weighted by Crippen LogP contribution is 2.26. The number of nitrogens with zero attached hydrogens (tertiary/aromatic N) is 3. The molecule has 30 heavy (non-hydrogen) atoms. The minimum Gasteiger partial charge on any atom is -0.463 e. The fraction of sp³-hybridized carbons (Fsp3) is 0.0476. The number of fused-ring (bicyclic) bond motifs is 1. The summed E-state index contributed by atoms with van der Waals surface area (Å²) >= 11 is 1.35. The Balaban J connectivity index is 1.48. The molecule has 1 aromatic carbocycles. The van der Waals surface area contributed by atoms with E-state index >= 15 is 0 Å². The second kappa shape index (κ2) is 7.12. The fourth-order valence-corrected chi connectivity index (χ4v) is 3.81. The number of anilines is 1. The molecule has 0 aliphatic carbocycles. The standard InChI is InChI=1S/C21H14N4O4S/c1-12-9-18(25(24-12)21-22-15(11-30-21)17-7-4-8-28-17)23-19(26)14-10-13-5-2-3-6-16(13)29-20(14)27/h2-11H,1H3,(H,23,26). The molecule has 0 saturated carbocycles. The third kappa shape index (κ3) is 3.20. The van der Waals surface area contributed by atoms with Crippen LogP contribution in [0.5, 0.6) is 0 Å². The van der Waals surface area contributed by atoms with Crippen molar-refractivity contribution in [2.75, 3.05) is 5.32 Å². The van der Waals surface area contributed by atoms with Crippen LogP contribution in [0, 0.1) is 6.92 Å². The molecule has 0 aliphatic heterocycles. The number of benzene rings is 1. The zero-order valence-electron chi connectivity index (χ0n) is 15.7. The van der Waals surface area contributed by atoms with Crippen LogP contribution in [0.15, 0.2) is 73.8 Å². The van der Waals surface area contributed by atoms with E-state index in [9.17, 15) is 9.59 Å². The van der Waals surface area contributed by atoms with Crippen molar-refractivity contribution in [3.05, 3.63) is 81.9 Å². The highest BCUT2D eigenvalue weighted by molar-refractivity contribution is 7.12. The SMILES string of the molecule is Cc1cc(NC(=O)c2cc3ccccc3oc2=O)n(-c2nc(-c3ccco3)cs2)n1. The molecule has 0 fully saturated rings. The number of furan rings is 1. The van der Waals surface area contributed by atoms with Gasteiger partial charge >= 0.3 is 5.63 Å². The third-order valence-electron chi connectivity index (χ3n) is 4.41. The average molecular weight is 418 g/mol. The molecule has 148 valence electrons. The minimum absolute atomic E-state index is 0.0884. The normalized spacial score (nSPS) is 11.1. The van der Waals surface area contributed by atoms with E-state index in [-0.39, 0.29) is 5.56 Å². The molecule has 0 aliphatic rings. The number of aromatic nitrogens is 3. The topological polar surface area (TPSA) is 103 Å². The fourth-order valence-electron chi connectivity index (χ4n) is 3.04. The van der Waals surface area contributed by atoms with Crippen molar-refractivity contribution in [1.82, 2.24) is 14.8 Å². The zero-order chi connectivity index (χ0) is 20.7.